The summed E-state index contributed by atoms with van der Waals surface area (Å²) in [7, 11) is 0. The van der Waals surface area contributed by atoms with Gasteiger partial charge < -0.3 is 4.42 Å². The van der Waals surface area contributed by atoms with Crippen molar-refractivity contribution in [1.29, 1.82) is 0 Å². The van der Waals surface area contributed by atoms with E-state index in [1.54, 1.807) is 30.3 Å². The Morgan fingerprint density at radius 1 is 1.15 bits per heavy atom. The van der Waals surface area contributed by atoms with Crippen LogP contribution in [0, 0.1) is 10.1 Å². The van der Waals surface area contributed by atoms with Crippen LogP contribution in [-0.4, -0.2) is 10.7 Å². The second-order valence-corrected chi connectivity index (χ2v) is 3.94. The predicted octanol–water partition coefficient (Wildman–Crippen LogP) is 3.48. The number of allylic oxidation sites excluding steroid dienone is 2. The number of rotatable bonds is 5. The van der Waals surface area contributed by atoms with Crippen molar-refractivity contribution in [2.45, 2.75) is 0 Å². The molecule has 0 unspecified atom stereocenters. The van der Waals surface area contributed by atoms with E-state index >= 15 is 0 Å². The molecule has 2 rings (SSSR count). The van der Waals surface area contributed by atoms with E-state index in [1.807, 2.05) is 0 Å². The Kier molecular flexibility index (Phi) is 4.24. The third-order valence-corrected chi connectivity index (χ3v) is 2.48. The first kappa shape index (κ1) is 13.5. The van der Waals surface area contributed by atoms with Gasteiger partial charge in [-0.15, -0.1) is 0 Å². The van der Waals surface area contributed by atoms with Crippen LogP contribution in [-0.2, 0) is 4.79 Å². The minimum atomic E-state index is -0.476. The van der Waals surface area contributed by atoms with Gasteiger partial charge in [-0.3, -0.25) is 14.9 Å². The van der Waals surface area contributed by atoms with Gasteiger partial charge in [-0.05, 0) is 35.9 Å². The molecule has 0 radical (unpaired) electrons. The van der Waals surface area contributed by atoms with Crippen LogP contribution in [0.1, 0.15) is 11.3 Å². The molecule has 0 N–H and O–H groups in total. The van der Waals surface area contributed by atoms with E-state index in [4.69, 9.17) is 4.42 Å². The zero-order valence-electron chi connectivity index (χ0n) is 10.4. The van der Waals surface area contributed by atoms with Crippen LogP contribution in [0.4, 0.5) is 5.69 Å². The Bertz CT molecular complexity index is 669. The molecule has 0 amide bonds. The molecule has 1 heterocycles. The molecule has 0 saturated carbocycles. The molecule has 5 heteroatoms. The zero-order chi connectivity index (χ0) is 14.4. The van der Waals surface area contributed by atoms with Gasteiger partial charge in [-0.2, -0.15) is 0 Å². The van der Waals surface area contributed by atoms with E-state index in [2.05, 4.69) is 0 Å². The molecular formula is C15H11NO4. The van der Waals surface area contributed by atoms with E-state index in [9.17, 15) is 14.9 Å². The number of non-ortho nitro benzene ring substituents is 1. The highest BCUT2D eigenvalue weighted by Crippen LogP contribution is 2.14. The van der Waals surface area contributed by atoms with Crippen LogP contribution in [0.2, 0.25) is 0 Å². The Labute approximate surface area is 115 Å². The summed E-state index contributed by atoms with van der Waals surface area (Å²) in [6.45, 7) is 0. The molecule has 1 aromatic heterocycles. The molecule has 0 bridgehead atoms. The smallest absolute Gasteiger partial charge is 0.270 e. The Morgan fingerprint density at radius 2 is 1.95 bits per heavy atom. The number of hydrogen-bond acceptors (Lipinski definition) is 4. The maximum Gasteiger partial charge on any atom is 0.270 e. The molecule has 0 aliphatic heterocycles. The average Bonchev–Trinajstić information content (AvgIpc) is 2.96. The minimum absolute atomic E-state index is 0.00859. The summed E-state index contributed by atoms with van der Waals surface area (Å²) in [5.74, 6) is 0.356. The standard InChI is InChI=1S/C15H11NO4/c17-14(8-9-15-5-2-10-20-15)7-6-12-3-1-4-13(11-12)16(18)19/h1-11H/b7-6-,9-8+. The normalized spacial score (nSPS) is 11.2. The molecule has 2 aromatic rings. The maximum absolute atomic E-state index is 11.6. The molecular weight excluding hydrogens is 258 g/mol. The summed E-state index contributed by atoms with van der Waals surface area (Å²) in [5, 5.41) is 10.6. The van der Waals surface area contributed by atoms with Crippen molar-refractivity contribution in [1.82, 2.24) is 0 Å². The topological polar surface area (TPSA) is 73.3 Å². The fourth-order valence-electron chi connectivity index (χ4n) is 1.53. The largest absolute Gasteiger partial charge is 0.465 e. The fraction of sp³-hybridized carbons (Fsp3) is 0. The Morgan fingerprint density at radius 3 is 2.65 bits per heavy atom. The fourth-order valence-corrected chi connectivity index (χ4v) is 1.53. The van der Waals surface area contributed by atoms with Gasteiger partial charge in [-0.25, -0.2) is 0 Å². The first-order valence-electron chi connectivity index (χ1n) is 5.83. The second kappa shape index (κ2) is 6.29. The minimum Gasteiger partial charge on any atom is -0.465 e. The molecule has 20 heavy (non-hydrogen) atoms. The van der Waals surface area contributed by atoms with Gasteiger partial charge >= 0.3 is 0 Å². The van der Waals surface area contributed by atoms with Crippen molar-refractivity contribution in [3.8, 4) is 0 Å². The first-order valence-corrected chi connectivity index (χ1v) is 5.83. The number of nitrogens with zero attached hydrogens (tertiary/aromatic N) is 1. The lowest BCUT2D eigenvalue weighted by Crippen LogP contribution is -1.88. The van der Waals surface area contributed by atoms with Crippen LogP contribution >= 0.6 is 0 Å². The molecule has 0 aliphatic rings. The van der Waals surface area contributed by atoms with Crippen LogP contribution in [0.15, 0.2) is 59.2 Å². The quantitative estimate of drug-likeness (QED) is 0.473. The second-order valence-electron chi connectivity index (χ2n) is 3.94. The highest BCUT2D eigenvalue weighted by molar-refractivity contribution is 6.04. The third-order valence-electron chi connectivity index (χ3n) is 2.48. The SMILES string of the molecule is O=C(/C=C\c1cccc([N+](=O)[O-])c1)/C=C/c1ccco1. The number of carbonyl (C=O) groups excluding carboxylic acids is 1. The van der Waals surface area contributed by atoms with Crippen LogP contribution in [0.25, 0.3) is 12.2 Å². The van der Waals surface area contributed by atoms with Gasteiger partial charge in [0.05, 0.1) is 11.2 Å². The number of hydrogen-bond donors (Lipinski definition) is 0. The van der Waals surface area contributed by atoms with Crippen molar-refractivity contribution in [3.05, 3.63) is 76.3 Å². The van der Waals surface area contributed by atoms with E-state index in [1.165, 1.54) is 36.6 Å². The highest BCUT2D eigenvalue weighted by atomic mass is 16.6. The molecule has 0 spiro atoms. The van der Waals surface area contributed by atoms with Gasteiger partial charge in [0.2, 0.25) is 0 Å². The molecule has 0 fully saturated rings. The van der Waals surface area contributed by atoms with E-state index < -0.39 is 4.92 Å². The van der Waals surface area contributed by atoms with Gasteiger partial charge in [-0.1, -0.05) is 18.2 Å². The van der Waals surface area contributed by atoms with Crippen molar-refractivity contribution < 1.29 is 14.1 Å². The van der Waals surface area contributed by atoms with E-state index in [-0.39, 0.29) is 11.5 Å². The predicted molar refractivity (Wildman–Crippen MR) is 74.9 cm³/mol. The lowest BCUT2D eigenvalue weighted by Gasteiger charge is -1.93. The molecule has 100 valence electrons. The number of nitro benzene ring substituents is 1. The number of nitro groups is 1. The monoisotopic (exact) mass is 269 g/mol. The summed E-state index contributed by atoms with van der Waals surface area (Å²) in [6.07, 6.45) is 7.32. The summed E-state index contributed by atoms with van der Waals surface area (Å²) in [5.41, 5.74) is 0.588. The molecule has 1 aromatic carbocycles. The first-order chi connectivity index (χ1) is 9.65. The van der Waals surface area contributed by atoms with Crippen molar-refractivity contribution >= 4 is 23.6 Å². The van der Waals surface area contributed by atoms with Crippen molar-refractivity contribution in [2.24, 2.45) is 0 Å². The highest BCUT2D eigenvalue weighted by Gasteiger charge is 2.03. The Hall–Kier alpha value is -2.95. The molecule has 0 atom stereocenters. The molecule has 5 nitrogen and oxygen atoms in total. The number of ketones is 1. The number of carbonyl (C=O) groups is 1. The maximum atomic E-state index is 11.6. The van der Waals surface area contributed by atoms with Crippen LogP contribution in [0.3, 0.4) is 0 Å². The summed E-state index contributed by atoms with van der Waals surface area (Å²) in [4.78, 5) is 21.7. The average molecular weight is 269 g/mol. The van der Waals surface area contributed by atoms with Gasteiger partial charge in [0.25, 0.3) is 5.69 Å². The lowest BCUT2D eigenvalue weighted by atomic mass is 10.1. The van der Waals surface area contributed by atoms with E-state index in [0.717, 1.165) is 0 Å². The summed E-state index contributed by atoms with van der Waals surface area (Å²) < 4.78 is 5.05. The number of benzene rings is 1. The Balaban J connectivity index is 2.03. The summed E-state index contributed by atoms with van der Waals surface area (Å²) >= 11 is 0. The zero-order valence-corrected chi connectivity index (χ0v) is 10.4. The molecule has 0 saturated heterocycles. The van der Waals surface area contributed by atoms with Crippen molar-refractivity contribution in [3.63, 3.8) is 0 Å². The van der Waals surface area contributed by atoms with Gasteiger partial charge in [0.15, 0.2) is 5.78 Å². The summed E-state index contributed by atoms with van der Waals surface area (Å²) in [6, 6.07) is 9.52. The van der Waals surface area contributed by atoms with Gasteiger partial charge in [0.1, 0.15) is 5.76 Å². The van der Waals surface area contributed by atoms with Gasteiger partial charge in [0, 0.05) is 12.1 Å². The van der Waals surface area contributed by atoms with Crippen molar-refractivity contribution in [2.75, 3.05) is 0 Å². The van der Waals surface area contributed by atoms with E-state index in [0.29, 0.717) is 11.3 Å². The van der Waals surface area contributed by atoms with Crippen LogP contribution in [0.5, 0.6) is 0 Å². The third kappa shape index (κ3) is 3.78. The lowest BCUT2D eigenvalue weighted by molar-refractivity contribution is -0.384. The van der Waals surface area contributed by atoms with Crippen LogP contribution < -0.4 is 0 Å². The molecule has 0 aliphatic carbocycles. The number of furan rings is 1.